The van der Waals surface area contributed by atoms with Crippen LogP contribution in [0.5, 0.6) is 0 Å². The summed E-state index contributed by atoms with van der Waals surface area (Å²) in [6.45, 7) is 3.65. The largest absolute Gasteiger partial charge is 0.332 e. The second-order valence-electron chi connectivity index (χ2n) is 6.60. The van der Waals surface area contributed by atoms with E-state index in [1.807, 2.05) is 32.0 Å². The summed E-state index contributed by atoms with van der Waals surface area (Å²) in [6.07, 6.45) is 0. The van der Waals surface area contributed by atoms with Crippen LogP contribution in [0.4, 0.5) is 5.69 Å². The molecule has 0 unspecified atom stereocenters. The molecule has 0 aliphatic carbocycles. The average Bonchev–Trinajstić information content (AvgIpc) is 2.69. The first-order chi connectivity index (χ1) is 13.6. The molecule has 0 spiro atoms. The van der Waals surface area contributed by atoms with E-state index in [2.05, 4.69) is 5.32 Å². The molecule has 2 amide bonds. The maximum Gasteiger partial charge on any atom is 0.264 e. The fourth-order valence-corrected chi connectivity index (χ4v) is 3.69. The van der Waals surface area contributed by atoms with E-state index in [0.29, 0.717) is 0 Å². The van der Waals surface area contributed by atoms with Gasteiger partial charge in [-0.1, -0.05) is 22.7 Å². The number of rotatable bonds is 7. The molecule has 0 aliphatic heterocycles. The Morgan fingerprint density at radius 1 is 1.00 bits per heavy atom. The van der Waals surface area contributed by atoms with Gasteiger partial charge < -0.3 is 10.2 Å². The van der Waals surface area contributed by atoms with Gasteiger partial charge in [-0.15, -0.1) is 0 Å². The number of carbonyl (C=O) groups excluding carboxylic acids is 2. The zero-order chi connectivity index (χ0) is 21.8. The third kappa shape index (κ3) is 5.20. The molecule has 156 valence electrons. The number of carbonyl (C=O) groups is 2. The number of hydrogen-bond acceptors (Lipinski definition) is 5. The summed E-state index contributed by atoms with van der Waals surface area (Å²) in [5.74, 6) is -0.718. The van der Waals surface area contributed by atoms with Gasteiger partial charge in [-0.2, -0.15) is 0 Å². The van der Waals surface area contributed by atoms with E-state index in [0.717, 1.165) is 21.3 Å². The van der Waals surface area contributed by atoms with Crippen molar-refractivity contribution < 1.29 is 22.8 Å². The lowest BCUT2D eigenvalue weighted by molar-refractivity contribution is -0.116. The molecule has 9 heteroatoms. The highest BCUT2D eigenvalue weighted by Crippen LogP contribution is 2.19. The molecule has 8 nitrogen and oxygen atoms in total. The first-order valence-corrected chi connectivity index (χ1v) is 10.3. The molecule has 2 aromatic rings. The Balaban J connectivity index is 2.07. The van der Waals surface area contributed by atoms with Crippen LogP contribution in [0.15, 0.2) is 47.4 Å². The first-order valence-electron chi connectivity index (χ1n) is 8.82. The summed E-state index contributed by atoms with van der Waals surface area (Å²) in [4.78, 5) is 30.9. The summed E-state index contributed by atoms with van der Waals surface area (Å²) in [6, 6.07) is 11.1. The van der Waals surface area contributed by atoms with Crippen LogP contribution in [-0.4, -0.2) is 57.4 Å². The van der Waals surface area contributed by atoms with Crippen LogP contribution in [0, 0.1) is 13.8 Å². The maximum atomic E-state index is 12.6. The molecule has 2 rings (SSSR count). The van der Waals surface area contributed by atoms with Crippen molar-refractivity contribution in [3.05, 3.63) is 59.2 Å². The van der Waals surface area contributed by atoms with Crippen molar-refractivity contribution in [2.75, 3.05) is 33.1 Å². The van der Waals surface area contributed by atoms with E-state index in [-0.39, 0.29) is 22.9 Å². The number of para-hydroxylation sites is 1. The molecule has 1 N–H and O–H groups in total. The van der Waals surface area contributed by atoms with Crippen LogP contribution in [0.2, 0.25) is 0 Å². The molecule has 2 aromatic carbocycles. The lowest BCUT2D eigenvalue weighted by Crippen LogP contribution is -2.35. The van der Waals surface area contributed by atoms with Crippen molar-refractivity contribution in [1.82, 2.24) is 9.37 Å². The molecule has 0 saturated heterocycles. The number of likely N-dealkylation sites (N-methyl/N-ethyl adjacent to an activating group) is 1. The number of nitrogens with one attached hydrogen (secondary N) is 1. The zero-order valence-corrected chi connectivity index (χ0v) is 17.9. The van der Waals surface area contributed by atoms with E-state index >= 15 is 0 Å². The van der Waals surface area contributed by atoms with Crippen molar-refractivity contribution in [3.8, 4) is 0 Å². The number of anilines is 1. The molecule has 0 aromatic heterocycles. The molecule has 29 heavy (non-hydrogen) atoms. The minimum absolute atomic E-state index is 0.00572. The smallest absolute Gasteiger partial charge is 0.264 e. The van der Waals surface area contributed by atoms with E-state index in [1.54, 1.807) is 0 Å². The fourth-order valence-electron chi connectivity index (χ4n) is 2.71. The summed E-state index contributed by atoms with van der Waals surface area (Å²) in [7, 11) is 0.237. The molecule has 0 aliphatic rings. The van der Waals surface area contributed by atoms with Crippen LogP contribution >= 0.6 is 0 Å². The van der Waals surface area contributed by atoms with Gasteiger partial charge >= 0.3 is 0 Å². The number of hydrogen-bond donors (Lipinski definition) is 1. The highest BCUT2D eigenvalue weighted by atomic mass is 32.2. The average molecular weight is 420 g/mol. The minimum Gasteiger partial charge on any atom is -0.332 e. The second-order valence-corrected chi connectivity index (χ2v) is 8.53. The van der Waals surface area contributed by atoms with E-state index in [9.17, 15) is 18.0 Å². The third-order valence-electron chi connectivity index (χ3n) is 4.47. The van der Waals surface area contributed by atoms with Gasteiger partial charge in [0.15, 0.2) is 0 Å². The van der Waals surface area contributed by atoms with Crippen LogP contribution < -0.4 is 5.32 Å². The monoisotopic (exact) mass is 419 g/mol. The highest BCUT2D eigenvalue weighted by Gasteiger charge is 2.22. The van der Waals surface area contributed by atoms with E-state index in [4.69, 9.17) is 4.84 Å². The number of aryl methyl sites for hydroxylation is 2. The predicted molar refractivity (Wildman–Crippen MR) is 110 cm³/mol. The van der Waals surface area contributed by atoms with Crippen LogP contribution in [0.25, 0.3) is 0 Å². The Bertz CT molecular complexity index is 983. The van der Waals surface area contributed by atoms with E-state index in [1.165, 1.54) is 50.4 Å². The molecular formula is C20H25N3O5S. The number of nitrogens with zero attached hydrogens (tertiary/aromatic N) is 2. The first kappa shape index (κ1) is 22.5. The predicted octanol–water partition coefficient (Wildman–Crippen LogP) is 2.20. The summed E-state index contributed by atoms with van der Waals surface area (Å²) in [5.41, 5.74) is 2.87. The van der Waals surface area contributed by atoms with Crippen LogP contribution in [0.1, 0.15) is 21.5 Å². The van der Waals surface area contributed by atoms with Gasteiger partial charge in [0.25, 0.3) is 15.9 Å². The normalized spacial score (nSPS) is 11.4. The third-order valence-corrected chi connectivity index (χ3v) is 6.16. The number of benzene rings is 2. The fraction of sp³-hybridized carbons (Fsp3) is 0.300. The summed E-state index contributed by atoms with van der Waals surface area (Å²) in [5, 5.41) is 2.83. The Morgan fingerprint density at radius 2 is 1.55 bits per heavy atom. The second kappa shape index (κ2) is 9.17. The topological polar surface area (TPSA) is 96.0 Å². The van der Waals surface area contributed by atoms with E-state index < -0.39 is 15.9 Å². The van der Waals surface area contributed by atoms with Crippen molar-refractivity contribution in [2.45, 2.75) is 18.7 Å². The molecular weight excluding hydrogens is 394 g/mol. The highest BCUT2D eigenvalue weighted by molar-refractivity contribution is 7.89. The summed E-state index contributed by atoms with van der Waals surface area (Å²) >= 11 is 0. The molecule has 0 heterocycles. The Kier molecular flexibility index (Phi) is 7.12. The van der Waals surface area contributed by atoms with Crippen molar-refractivity contribution in [3.63, 3.8) is 0 Å². The van der Waals surface area contributed by atoms with Crippen LogP contribution in [0.3, 0.4) is 0 Å². The lowest BCUT2D eigenvalue weighted by atomic mass is 10.1. The Morgan fingerprint density at radius 3 is 2.07 bits per heavy atom. The van der Waals surface area contributed by atoms with Crippen LogP contribution in [-0.2, 0) is 19.7 Å². The molecule has 0 fully saturated rings. The Labute approximate surface area is 171 Å². The van der Waals surface area contributed by atoms with Gasteiger partial charge in [0, 0.05) is 25.3 Å². The minimum atomic E-state index is -3.79. The Hall–Kier alpha value is -2.75. The molecule has 0 bridgehead atoms. The van der Waals surface area contributed by atoms with Crippen molar-refractivity contribution >= 4 is 27.5 Å². The molecule has 0 atom stereocenters. The lowest BCUT2D eigenvalue weighted by Gasteiger charge is -2.19. The van der Waals surface area contributed by atoms with Crippen molar-refractivity contribution in [2.24, 2.45) is 0 Å². The quantitative estimate of drug-likeness (QED) is 0.694. The van der Waals surface area contributed by atoms with Gasteiger partial charge in [0.1, 0.15) is 0 Å². The standard InChI is InChI=1S/C20H25N3O5S/c1-14-7-6-8-15(2)19(14)21-18(24)13-22(3)20(25)16-9-11-17(12-10-16)29(26,27)23(4)28-5/h6-12H,13H2,1-5H3,(H,21,24). The summed E-state index contributed by atoms with van der Waals surface area (Å²) < 4.78 is 25.1. The number of amides is 2. The van der Waals surface area contributed by atoms with Gasteiger partial charge in [-0.25, -0.2) is 8.42 Å². The van der Waals surface area contributed by atoms with Gasteiger partial charge in [-0.3, -0.25) is 14.4 Å². The van der Waals surface area contributed by atoms with Gasteiger partial charge in [0.05, 0.1) is 18.6 Å². The van der Waals surface area contributed by atoms with Crippen molar-refractivity contribution in [1.29, 1.82) is 0 Å². The van der Waals surface area contributed by atoms with Gasteiger partial charge in [-0.05, 0) is 49.2 Å². The maximum absolute atomic E-state index is 12.6. The van der Waals surface area contributed by atoms with Gasteiger partial charge in [0.2, 0.25) is 5.91 Å². The number of hydroxylamine groups is 1. The zero-order valence-electron chi connectivity index (χ0n) is 17.1. The molecule has 0 saturated carbocycles. The number of sulfonamides is 1. The molecule has 0 radical (unpaired) electrons. The SMILES string of the molecule is CON(C)S(=O)(=O)c1ccc(C(=O)N(C)CC(=O)Nc2c(C)cccc2C)cc1.